The third-order valence-electron chi connectivity index (χ3n) is 5.26. The zero-order chi connectivity index (χ0) is 16.8. The van der Waals surface area contributed by atoms with E-state index in [1.807, 2.05) is 33.8 Å². The highest BCUT2D eigenvalue weighted by Gasteiger charge is 2.51. The Hall–Kier alpha value is -1.11. The van der Waals surface area contributed by atoms with E-state index in [4.69, 9.17) is 9.31 Å². The lowest BCUT2D eigenvalue weighted by Gasteiger charge is -2.32. The maximum Gasteiger partial charge on any atom is 0.495 e. The molecule has 1 N–H and O–H groups in total. The molecule has 2 aliphatic heterocycles. The van der Waals surface area contributed by atoms with E-state index < -0.39 is 18.3 Å². The number of hydrogen-bond donors (Lipinski definition) is 1. The molecule has 2 heterocycles. The fourth-order valence-electron chi connectivity index (χ4n) is 3.02. The molecule has 0 atom stereocenters. The molecule has 126 valence electrons. The maximum atomic E-state index is 14.1. The molecule has 0 spiro atoms. The number of aliphatic hydroxyl groups excluding tert-OH is 1. The molecule has 2 fully saturated rings. The average Bonchev–Trinajstić information content (AvgIpc) is 2.67. The van der Waals surface area contributed by atoms with Crippen molar-refractivity contribution in [1.82, 2.24) is 0 Å². The van der Waals surface area contributed by atoms with Crippen molar-refractivity contribution in [3.8, 4) is 0 Å². The second-order valence-corrected chi connectivity index (χ2v) is 7.55. The van der Waals surface area contributed by atoms with Crippen molar-refractivity contribution in [1.29, 1.82) is 0 Å². The standard InChI is InChI=1S/C17H25BFNO3/c1-16(2)17(3,4)23-18(22-16)12-9-13(19)11-14(10-12)20-7-5-15(21)6-8-20/h9-11,15,21H,5-8H2,1-4H3. The molecule has 0 unspecified atom stereocenters. The fraction of sp³-hybridized carbons (Fsp3) is 0.647. The van der Waals surface area contributed by atoms with Gasteiger partial charge in [0.15, 0.2) is 0 Å². The van der Waals surface area contributed by atoms with Gasteiger partial charge in [0.05, 0.1) is 17.3 Å². The smallest absolute Gasteiger partial charge is 0.399 e. The molecular formula is C17H25BFNO3. The second kappa shape index (κ2) is 5.76. The topological polar surface area (TPSA) is 41.9 Å². The molecule has 0 amide bonds. The molecule has 0 radical (unpaired) electrons. The highest BCUT2D eigenvalue weighted by molar-refractivity contribution is 6.62. The average molecular weight is 321 g/mol. The van der Waals surface area contributed by atoms with Gasteiger partial charge in [-0.2, -0.15) is 0 Å². The summed E-state index contributed by atoms with van der Waals surface area (Å²) in [5.41, 5.74) is 0.630. The first-order valence-electron chi connectivity index (χ1n) is 8.27. The van der Waals surface area contributed by atoms with Crippen molar-refractivity contribution in [2.24, 2.45) is 0 Å². The molecule has 2 saturated heterocycles. The van der Waals surface area contributed by atoms with Crippen LogP contribution < -0.4 is 10.4 Å². The number of anilines is 1. The van der Waals surface area contributed by atoms with Crippen LogP contribution in [0.15, 0.2) is 18.2 Å². The summed E-state index contributed by atoms with van der Waals surface area (Å²) in [6.07, 6.45) is 1.17. The predicted molar refractivity (Wildman–Crippen MR) is 89.6 cm³/mol. The van der Waals surface area contributed by atoms with Crippen LogP contribution in [-0.4, -0.2) is 42.6 Å². The molecule has 0 aliphatic carbocycles. The van der Waals surface area contributed by atoms with E-state index in [1.54, 1.807) is 0 Å². The van der Waals surface area contributed by atoms with Gasteiger partial charge >= 0.3 is 7.12 Å². The van der Waals surface area contributed by atoms with Crippen molar-refractivity contribution >= 4 is 18.3 Å². The lowest BCUT2D eigenvalue weighted by molar-refractivity contribution is 0.00578. The second-order valence-electron chi connectivity index (χ2n) is 7.55. The Labute approximate surface area is 137 Å². The van der Waals surface area contributed by atoms with Gasteiger partial charge in [0.1, 0.15) is 5.82 Å². The lowest BCUT2D eigenvalue weighted by atomic mass is 9.78. The van der Waals surface area contributed by atoms with Gasteiger partial charge < -0.3 is 19.3 Å². The number of piperidine rings is 1. The third kappa shape index (κ3) is 3.25. The number of aliphatic hydroxyl groups is 1. The molecule has 1 aromatic carbocycles. The van der Waals surface area contributed by atoms with Crippen LogP contribution in [0.2, 0.25) is 0 Å². The van der Waals surface area contributed by atoms with Gasteiger partial charge in [-0.1, -0.05) is 0 Å². The Morgan fingerprint density at radius 3 is 2.22 bits per heavy atom. The quantitative estimate of drug-likeness (QED) is 0.847. The van der Waals surface area contributed by atoms with Crippen LogP contribution in [0.1, 0.15) is 40.5 Å². The summed E-state index contributed by atoms with van der Waals surface area (Å²) < 4.78 is 26.1. The summed E-state index contributed by atoms with van der Waals surface area (Å²) in [7, 11) is -0.565. The summed E-state index contributed by atoms with van der Waals surface area (Å²) in [6.45, 7) is 9.40. The zero-order valence-corrected chi connectivity index (χ0v) is 14.3. The maximum absolute atomic E-state index is 14.1. The Morgan fingerprint density at radius 1 is 1.09 bits per heavy atom. The highest BCUT2D eigenvalue weighted by Crippen LogP contribution is 2.36. The van der Waals surface area contributed by atoms with Crippen molar-refractivity contribution in [3.63, 3.8) is 0 Å². The molecule has 1 aromatic rings. The van der Waals surface area contributed by atoms with E-state index in [2.05, 4.69) is 4.90 Å². The SMILES string of the molecule is CC1(C)OB(c2cc(F)cc(N3CCC(O)CC3)c2)OC1(C)C. The molecule has 0 aromatic heterocycles. The van der Waals surface area contributed by atoms with Crippen molar-refractivity contribution in [3.05, 3.63) is 24.0 Å². The first-order valence-corrected chi connectivity index (χ1v) is 8.27. The number of nitrogens with zero attached hydrogens (tertiary/aromatic N) is 1. The van der Waals surface area contributed by atoms with Crippen LogP contribution >= 0.6 is 0 Å². The molecule has 4 nitrogen and oxygen atoms in total. The van der Waals surface area contributed by atoms with Crippen LogP contribution in [0.25, 0.3) is 0 Å². The minimum absolute atomic E-state index is 0.248. The van der Waals surface area contributed by atoms with E-state index in [-0.39, 0.29) is 11.9 Å². The number of benzene rings is 1. The molecule has 0 saturated carbocycles. The molecule has 0 bridgehead atoms. The Kier molecular flexibility index (Phi) is 4.19. The van der Waals surface area contributed by atoms with E-state index in [9.17, 15) is 9.50 Å². The number of rotatable bonds is 2. The lowest BCUT2D eigenvalue weighted by Crippen LogP contribution is -2.41. The van der Waals surface area contributed by atoms with Crippen LogP contribution in [0.4, 0.5) is 10.1 Å². The summed E-state index contributed by atoms with van der Waals surface area (Å²) in [5.74, 6) is -0.293. The summed E-state index contributed by atoms with van der Waals surface area (Å²) in [5, 5.41) is 9.63. The van der Waals surface area contributed by atoms with Crippen LogP contribution in [0.5, 0.6) is 0 Å². The Balaban J connectivity index is 1.84. The van der Waals surface area contributed by atoms with E-state index in [1.165, 1.54) is 12.1 Å². The highest BCUT2D eigenvalue weighted by atomic mass is 19.1. The number of hydrogen-bond acceptors (Lipinski definition) is 4. The summed E-state index contributed by atoms with van der Waals surface area (Å²) in [6, 6.07) is 4.94. The molecule has 3 rings (SSSR count). The van der Waals surface area contributed by atoms with E-state index in [0.29, 0.717) is 18.3 Å². The van der Waals surface area contributed by atoms with Crippen LogP contribution in [0, 0.1) is 5.82 Å². The van der Waals surface area contributed by atoms with Gasteiger partial charge in [0.25, 0.3) is 0 Å². The van der Waals surface area contributed by atoms with Crippen LogP contribution in [0.3, 0.4) is 0 Å². The van der Waals surface area contributed by atoms with Gasteiger partial charge in [-0.25, -0.2) is 4.39 Å². The molecule has 2 aliphatic rings. The molecule has 23 heavy (non-hydrogen) atoms. The van der Waals surface area contributed by atoms with Crippen molar-refractivity contribution < 1.29 is 18.8 Å². The van der Waals surface area contributed by atoms with Gasteiger partial charge in [0.2, 0.25) is 0 Å². The summed E-state index contributed by atoms with van der Waals surface area (Å²) in [4.78, 5) is 2.10. The molecular weight excluding hydrogens is 296 g/mol. The largest absolute Gasteiger partial charge is 0.495 e. The first-order chi connectivity index (χ1) is 10.7. The van der Waals surface area contributed by atoms with Gasteiger partial charge in [0, 0.05) is 18.8 Å². The third-order valence-corrected chi connectivity index (χ3v) is 5.26. The minimum Gasteiger partial charge on any atom is -0.399 e. The van der Waals surface area contributed by atoms with Crippen molar-refractivity contribution in [2.75, 3.05) is 18.0 Å². The van der Waals surface area contributed by atoms with Crippen LogP contribution in [-0.2, 0) is 9.31 Å². The van der Waals surface area contributed by atoms with E-state index >= 15 is 0 Å². The normalized spacial score (nSPS) is 24.3. The van der Waals surface area contributed by atoms with Gasteiger partial charge in [-0.3, -0.25) is 0 Å². The number of halogens is 1. The fourth-order valence-corrected chi connectivity index (χ4v) is 3.02. The minimum atomic E-state index is -0.565. The summed E-state index contributed by atoms with van der Waals surface area (Å²) >= 11 is 0. The monoisotopic (exact) mass is 321 g/mol. The first kappa shape index (κ1) is 16.7. The predicted octanol–water partition coefficient (Wildman–Crippen LogP) is 2.09. The van der Waals surface area contributed by atoms with Gasteiger partial charge in [-0.05, 0) is 64.2 Å². The van der Waals surface area contributed by atoms with Gasteiger partial charge in [-0.15, -0.1) is 0 Å². The van der Waals surface area contributed by atoms with Crippen molar-refractivity contribution in [2.45, 2.75) is 57.8 Å². The Morgan fingerprint density at radius 2 is 1.65 bits per heavy atom. The molecule has 6 heteroatoms. The Bertz CT molecular complexity index is 569. The zero-order valence-electron chi connectivity index (χ0n) is 14.3. The van der Waals surface area contributed by atoms with E-state index in [0.717, 1.165) is 18.8 Å².